The lowest BCUT2D eigenvalue weighted by Crippen LogP contribution is -2.25. The SMILES string of the molecule is CCC/C=C(/CCNC(=O)c1noc(Cc2ccc(F)c(F)c2)n1)c1cc(Cl)ccc1C. The minimum atomic E-state index is -0.957. The second-order valence-electron chi connectivity index (χ2n) is 7.42. The highest BCUT2D eigenvalue weighted by molar-refractivity contribution is 6.30. The van der Waals surface area contributed by atoms with Crippen molar-refractivity contribution in [2.75, 3.05) is 6.54 Å². The van der Waals surface area contributed by atoms with E-state index in [2.05, 4.69) is 28.5 Å². The molecule has 168 valence electrons. The summed E-state index contributed by atoms with van der Waals surface area (Å²) in [5.74, 6) is -2.33. The fraction of sp³-hybridized carbons (Fsp3) is 0.292. The van der Waals surface area contributed by atoms with Gasteiger partial charge in [0.2, 0.25) is 5.89 Å². The summed E-state index contributed by atoms with van der Waals surface area (Å²) < 4.78 is 31.5. The van der Waals surface area contributed by atoms with Crippen molar-refractivity contribution in [1.82, 2.24) is 15.5 Å². The van der Waals surface area contributed by atoms with Crippen molar-refractivity contribution in [1.29, 1.82) is 0 Å². The molecule has 0 radical (unpaired) electrons. The number of unbranched alkanes of at least 4 members (excludes halogenated alkanes) is 1. The number of nitrogens with one attached hydrogen (secondary N) is 1. The summed E-state index contributed by atoms with van der Waals surface area (Å²) in [4.78, 5) is 16.5. The average Bonchev–Trinajstić information content (AvgIpc) is 3.23. The van der Waals surface area contributed by atoms with Crippen molar-refractivity contribution in [3.8, 4) is 0 Å². The topological polar surface area (TPSA) is 68.0 Å². The lowest BCUT2D eigenvalue weighted by molar-refractivity contribution is 0.0941. The maximum atomic E-state index is 13.3. The molecule has 8 heteroatoms. The Morgan fingerprint density at radius 2 is 2.00 bits per heavy atom. The molecule has 0 aliphatic heterocycles. The van der Waals surface area contributed by atoms with Gasteiger partial charge in [-0.2, -0.15) is 4.98 Å². The van der Waals surface area contributed by atoms with E-state index in [4.69, 9.17) is 16.1 Å². The lowest BCUT2D eigenvalue weighted by Gasteiger charge is -2.12. The second kappa shape index (κ2) is 11.0. The van der Waals surface area contributed by atoms with Crippen molar-refractivity contribution in [2.24, 2.45) is 0 Å². The summed E-state index contributed by atoms with van der Waals surface area (Å²) >= 11 is 6.17. The Balaban J connectivity index is 1.61. The molecule has 0 saturated carbocycles. The lowest BCUT2D eigenvalue weighted by atomic mass is 9.97. The number of aryl methyl sites for hydroxylation is 1. The maximum absolute atomic E-state index is 13.3. The van der Waals surface area contributed by atoms with Crippen LogP contribution in [-0.2, 0) is 6.42 Å². The molecule has 32 heavy (non-hydrogen) atoms. The van der Waals surface area contributed by atoms with Crippen LogP contribution in [0.2, 0.25) is 5.02 Å². The molecule has 5 nitrogen and oxygen atoms in total. The number of allylic oxidation sites excluding steroid dienone is 1. The van der Waals surface area contributed by atoms with Crippen LogP contribution in [0.15, 0.2) is 47.0 Å². The van der Waals surface area contributed by atoms with Crippen LogP contribution in [-0.4, -0.2) is 22.6 Å². The summed E-state index contributed by atoms with van der Waals surface area (Å²) in [6.45, 7) is 4.51. The van der Waals surface area contributed by atoms with Crippen LogP contribution in [0.5, 0.6) is 0 Å². The smallest absolute Gasteiger partial charge is 0.292 e. The van der Waals surface area contributed by atoms with Gasteiger partial charge >= 0.3 is 0 Å². The number of amides is 1. The van der Waals surface area contributed by atoms with Crippen LogP contribution >= 0.6 is 11.6 Å². The molecule has 0 atom stereocenters. The van der Waals surface area contributed by atoms with Gasteiger partial charge in [-0.15, -0.1) is 0 Å². The number of carbonyl (C=O) groups is 1. The van der Waals surface area contributed by atoms with E-state index in [0.29, 0.717) is 23.6 Å². The van der Waals surface area contributed by atoms with Gasteiger partial charge in [0.25, 0.3) is 11.7 Å². The third kappa shape index (κ3) is 6.23. The monoisotopic (exact) mass is 459 g/mol. The largest absolute Gasteiger partial charge is 0.349 e. The predicted octanol–water partition coefficient (Wildman–Crippen LogP) is 5.90. The maximum Gasteiger partial charge on any atom is 0.292 e. The van der Waals surface area contributed by atoms with Crippen molar-refractivity contribution in [3.05, 3.63) is 87.5 Å². The van der Waals surface area contributed by atoms with Gasteiger partial charge in [0.15, 0.2) is 11.6 Å². The zero-order chi connectivity index (χ0) is 23.1. The molecule has 2 aromatic carbocycles. The van der Waals surface area contributed by atoms with Crippen LogP contribution in [0.3, 0.4) is 0 Å². The van der Waals surface area contributed by atoms with E-state index in [1.54, 1.807) is 0 Å². The summed E-state index contributed by atoms with van der Waals surface area (Å²) in [5, 5.41) is 7.15. The van der Waals surface area contributed by atoms with Crippen molar-refractivity contribution in [2.45, 2.75) is 39.5 Å². The molecular formula is C24H24ClF2N3O2. The zero-order valence-corrected chi connectivity index (χ0v) is 18.7. The number of hydrogen-bond acceptors (Lipinski definition) is 4. The highest BCUT2D eigenvalue weighted by Gasteiger charge is 2.16. The number of halogens is 3. The molecule has 3 aromatic rings. The first-order valence-electron chi connectivity index (χ1n) is 10.4. The minimum Gasteiger partial charge on any atom is -0.349 e. The number of hydrogen-bond donors (Lipinski definition) is 1. The van der Waals surface area contributed by atoms with Crippen molar-refractivity contribution >= 4 is 23.1 Å². The number of aromatic nitrogens is 2. The Bertz CT molecular complexity index is 1130. The van der Waals surface area contributed by atoms with Gasteiger partial charge in [-0.1, -0.05) is 48.3 Å². The highest BCUT2D eigenvalue weighted by atomic mass is 35.5. The van der Waals surface area contributed by atoms with Gasteiger partial charge in [-0.3, -0.25) is 4.79 Å². The van der Waals surface area contributed by atoms with Crippen LogP contribution in [0.4, 0.5) is 8.78 Å². The first kappa shape index (κ1) is 23.6. The van der Waals surface area contributed by atoms with E-state index in [-0.39, 0.29) is 18.1 Å². The molecule has 0 spiro atoms. The van der Waals surface area contributed by atoms with Gasteiger partial charge in [-0.05, 0) is 66.3 Å². The van der Waals surface area contributed by atoms with E-state index in [9.17, 15) is 13.6 Å². The summed E-state index contributed by atoms with van der Waals surface area (Å²) in [6, 6.07) is 9.27. The summed E-state index contributed by atoms with van der Waals surface area (Å²) in [6.07, 6.45) is 4.81. The molecule has 0 bridgehead atoms. The first-order chi connectivity index (χ1) is 15.4. The molecule has 0 fully saturated rings. The average molecular weight is 460 g/mol. The fourth-order valence-corrected chi connectivity index (χ4v) is 3.41. The van der Waals surface area contributed by atoms with Crippen LogP contribution < -0.4 is 5.32 Å². The number of rotatable bonds is 9. The number of carbonyl (C=O) groups excluding carboxylic acids is 1. The number of benzene rings is 2. The molecule has 1 aromatic heterocycles. The summed E-state index contributed by atoms with van der Waals surface area (Å²) in [7, 11) is 0. The van der Waals surface area contributed by atoms with Crippen LogP contribution in [0.1, 0.15) is 59.4 Å². The van der Waals surface area contributed by atoms with E-state index in [1.165, 1.54) is 6.07 Å². The molecule has 1 heterocycles. The molecule has 0 aliphatic carbocycles. The van der Waals surface area contributed by atoms with Crippen molar-refractivity contribution in [3.63, 3.8) is 0 Å². The Morgan fingerprint density at radius 1 is 1.19 bits per heavy atom. The molecule has 0 aliphatic rings. The van der Waals surface area contributed by atoms with Crippen LogP contribution in [0, 0.1) is 18.6 Å². The van der Waals surface area contributed by atoms with Gasteiger partial charge in [0, 0.05) is 11.6 Å². The Morgan fingerprint density at radius 3 is 2.75 bits per heavy atom. The molecule has 1 amide bonds. The van der Waals surface area contributed by atoms with Gasteiger partial charge in [-0.25, -0.2) is 8.78 Å². The van der Waals surface area contributed by atoms with Gasteiger partial charge in [0.1, 0.15) is 0 Å². The third-order valence-corrected chi connectivity index (χ3v) is 5.15. The van der Waals surface area contributed by atoms with E-state index in [0.717, 1.165) is 41.7 Å². The molecule has 3 rings (SSSR count). The normalized spacial score (nSPS) is 11.6. The van der Waals surface area contributed by atoms with E-state index in [1.807, 2.05) is 25.1 Å². The highest BCUT2D eigenvalue weighted by Crippen LogP contribution is 2.26. The minimum absolute atomic E-state index is 0.0927. The fourth-order valence-electron chi connectivity index (χ4n) is 3.24. The Hall–Kier alpha value is -3.06. The van der Waals surface area contributed by atoms with Crippen molar-refractivity contribution < 1.29 is 18.1 Å². The van der Waals surface area contributed by atoms with Gasteiger partial charge in [0.05, 0.1) is 6.42 Å². The quantitative estimate of drug-likeness (QED) is 0.432. The third-order valence-electron chi connectivity index (χ3n) is 4.92. The summed E-state index contributed by atoms with van der Waals surface area (Å²) in [5.41, 5.74) is 3.75. The zero-order valence-electron chi connectivity index (χ0n) is 17.9. The molecular weight excluding hydrogens is 436 g/mol. The Labute approximate surface area is 190 Å². The second-order valence-corrected chi connectivity index (χ2v) is 7.86. The number of nitrogens with zero attached hydrogens (tertiary/aromatic N) is 2. The molecule has 0 saturated heterocycles. The molecule has 0 unspecified atom stereocenters. The predicted molar refractivity (Wildman–Crippen MR) is 119 cm³/mol. The molecule has 1 N–H and O–H groups in total. The van der Waals surface area contributed by atoms with E-state index >= 15 is 0 Å². The van der Waals surface area contributed by atoms with Gasteiger partial charge < -0.3 is 9.84 Å². The van der Waals surface area contributed by atoms with E-state index < -0.39 is 17.5 Å². The Kier molecular flexibility index (Phi) is 8.11. The first-order valence-corrected chi connectivity index (χ1v) is 10.8. The standard InChI is InChI=1S/C24H24ClF2N3O2/c1-3-4-5-17(19-14-18(25)8-6-15(19)2)10-11-28-24(31)23-29-22(32-30-23)13-16-7-9-20(26)21(27)12-16/h5-9,12,14H,3-4,10-11,13H2,1-2H3,(H,28,31)/b17-5-. The van der Waals surface area contributed by atoms with Crippen LogP contribution in [0.25, 0.3) is 5.57 Å².